The van der Waals surface area contributed by atoms with Gasteiger partial charge in [-0.3, -0.25) is 9.59 Å². The lowest BCUT2D eigenvalue weighted by Gasteiger charge is -2.46. The molecule has 2 fully saturated rings. The molecule has 3 unspecified atom stereocenters. The van der Waals surface area contributed by atoms with Gasteiger partial charge in [0, 0.05) is 29.8 Å². The van der Waals surface area contributed by atoms with Crippen molar-refractivity contribution in [3.8, 4) is 0 Å². The van der Waals surface area contributed by atoms with E-state index in [2.05, 4.69) is 5.32 Å². The second kappa shape index (κ2) is 9.90. The number of nitrogens with zero attached hydrogens (tertiary/aromatic N) is 1. The molecule has 1 N–H and O–H groups in total. The summed E-state index contributed by atoms with van der Waals surface area (Å²) in [6.07, 6.45) is 4.31. The van der Waals surface area contributed by atoms with Gasteiger partial charge in [0.25, 0.3) is 5.91 Å². The molecule has 1 saturated carbocycles. The molecule has 0 bridgehead atoms. The van der Waals surface area contributed by atoms with Crippen LogP contribution in [0.3, 0.4) is 0 Å². The minimum Gasteiger partial charge on any atom is -0.354 e. The summed E-state index contributed by atoms with van der Waals surface area (Å²) in [5, 5.41) is 3.27. The van der Waals surface area contributed by atoms with E-state index in [0.717, 1.165) is 28.9 Å². The van der Waals surface area contributed by atoms with Gasteiger partial charge >= 0.3 is 0 Å². The van der Waals surface area contributed by atoms with E-state index in [1.54, 1.807) is 23.9 Å². The zero-order valence-electron chi connectivity index (χ0n) is 18.5. The van der Waals surface area contributed by atoms with Gasteiger partial charge in [-0.15, -0.1) is 11.8 Å². The Hall–Kier alpha value is -2.60. The first-order valence-corrected chi connectivity index (χ1v) is 12.1. The van der Waals surface area contributed by atoms with Gasteiger partial charge < -0.3 is 10.2 Å². The lowest BCUT2D eigenvalue weighted by molar-refractivity contribution is -0.134. The molecule has 32 heavy (non-hydrogen) atoms. The second-order valence-electron chi connectivity index (χ2n) is 8.88. The van der Waals surface area contributed by atoms with E-state index >= 15 is 0 Å². The molecule has 6 heteroatoms. The Morgan fingerprint density at radius 1 is 1.16 bits per heavy atom. The SMILES string of the molecule is CC(C)NC(=O)C1CCC2S/C(=C\c3ccccc3)C(=O)N(Cc3ccc(F)cc3)C2C1. The molecular weight excluding hydrogens is 423 g/mol. The summed E-state index contributed by atoms with van der Waals surface area (Å²) >= 11 is 1.64. The van der Waals surface area contributed by atoms with E-state index in [0.29, 0.717) is 13.0 Å². The van der Waals surface area contributed by atoms with Crippen LogP contribution in [0.5, 0.6) is 0 Å². The number of benzene rings is 2. The largest absolute Gasteiger partial charge is 0.354 e. The number of nitrogens with one attached hydrogen (secondary N) is 1. The smallest absolute Gasteiger partial charge is 0.260 e. The number of amides is 2. The van der Waals surface area contributed by atoms with Crippen molar-refractivity contribution in [3.05, 3.63) is 76.4 Å². The number of rotatable bonds is 5. The predicted molar refractivity (Wildman–Crippen MR) is 127 cm³/mol. The standard InChI is InChI=1S/C26H29FN2O2S/c1-17(2)28-25(30)20-10-13-23-22(15-20)29(16-19-8-11-21(27)12-9-19)26(31)24(32-23)14-18-6-4-3-5-7-18/h3-9,11-12,14,17,20,22-23H,10,13,15-16H2,1-2H3,(H,28,30)/b24-14-. The molecule has 3 atom stereocenters. The summed E-state index contributed by atoms with van der Waals surface area (Å²) in [6, 6.07) is 16.2. The number of carbonyl (C=O) groups is 2. The summed E-state index contributed by atoms with van der Waals surface area (Å²) in [7, 11) is 0. The quantitative estimate of drug-likeness (QED) is 0.649. The minimum absolute atomic E-state index is 0.0191. The van der Waals surface area contributed by atoms with Crippen molar-refractivity contribution in [3.63, 3.8) is 0 Å². The fourth-order valence-electron chi connectivity index (χ4n) is 4.50. The van der Waals surface area contributed by atoms with Crippen LogP contribution in [0, 0.1) is 11.7 Å². The summed E-state index contributed by atoms with van der Waals surface area (Å²) in [6.45, 7) is 4.33. The first kappa shape index (κ1) is 22.6. The van der Waals surface area contributed by atoms with Gasteiger partial charge in [-0.1, -0.05) is 42.5 Å². The van der Waals surface area contributed by atoms with E-state index < -0.39 is 0 Å². The van der Waals surface area contributed by atoms with Crippen LogP contribution in [0.1, 0.15) is 44.2 Å². The van der Waals surface area contributed by atoms with Crippen LogP contribution >= 0.6 is 11.8 Å². The third kappa shape index (κ3) is 5.23. The molecular formula is C26H29FN2O2S. The average Bonchev–Trinajstić information content (AvgIpc) is 2.78. The van der Waals surface area contributed by atoms with Gasteiger partial charge in [-0.2, -0.15) is 0 Å². The molecule has 0 spiro atoms. The van der Waals surface area contributed by atoms with Gasteiger partial charge in [0.2, 0.25) is 5.91 Å². The van der Waals surface area contributed by atoms with Gasteiger partial charge in [0.15, 0.2) is 0 Å². The fraction of sp³-hybridized carbons (Fsp3) is 0.385. The van der Waals surface area contributed by atoms with E-state index in [1.165, 1.54) is 12.1 Å². The normalized spacial score (nSPS) is 24.5. The van der Waals surface area contributed by atoms with Crippen molar-refractivity contribution >= 4 is 29.7 Å². The molecule has 2 amide bonds. The molecule has 2 aromatic rings. The van der Waals surface area contributed by atoms with Crippen LogP contribution in [0.4, 0.5) is 4.39 Å². The third-order valence-electron chi connectivity index (χ3n) is 6.07. The molecule has 2 aromatic carbocycles. The molecule has 1 heterocycles. The van der Waals surface area contributed by atoms with E-state index in [1.807, 2.05) is 55.2 Å². The topological polar surface area (TPSA) is 49.4 Å². The number of halogens is 1. The highest BCUT2D eigenvalue weighted by molar-refractivity contribution is 8.04. The lowest BCUT2D eigenvalue weighted by atomic mass is 9.83. The van der Waals surface area contributed by atoms with Gasteiger partial charge in [0.05, 0.1) is 4.91 Å². The monoisotopic (exact) mass is 452 g/mol. The van der Waals surface area contributed by atoms with Crippen LogP contribution in [0.25, 0.3) is 6.08 Å². The maximum atomic E-state index is 13.6. The maximum Gasteiger partial charge on any atom is 0.260 e. The van der Waals surface area contributed by atoms with Gasteiger partial charge in [-0.05, 0) is 62.4 Å². The zero-order chi connectivity index (χ0) is 22.7. The predicted octanol–water partition coefficient (Wildman–Crippen LogP) is 5.00. The number of hydrogen-bond acceptors (Lipinski definition) is 3. The van der Waals surface area contributed by atoms with Crippen LogP contribution in [0.2, 0.25) is 0 Å². The highest BCUT2D eigenvalue weighted by Gasteiger charge is 2.44. The first-order chi connectivity index (χ1) is 15.4. The molecule has 4 rings (SSSR count). The van der Waals surface area contributed by atoms with Crippen molar-refractivity contribution in [2.24, 2.45) is 5.92 Å². The van der Waals surface area contributed by atoms with E-state index in [9.17, 15) is 14.0 Å². The molecule has 1 aliphatic heterocycles. The Morgan fingerprint density at radius 2 is 1.88 bits per heavy atom. The maximum absolute atomic E-state index is 13.6. The Labute approximate surface area is 193 Å². The van der Waals surface area contributed by atoms with Crippen molar-refractivity contribution in [2.75, 3.05) is 0 Å². The first-order valence-electron chi connectivity index (χ1n) is 11.2. The van der Waals surface area contributed by atoms with Crippen molar-refractivity contribution < 1.29 is 14.0 Å². The number of carbonyl (C=O) groups excluding carboxylic acids is 2. The molecule has 4 nitrogen and oxygen atoms in total. The van der Waals surface area contributed by atoms with Crippen LogP contribution in [0.15, 0.2) is 59.5 Å². The van der Waals surface area contributed by atoms with Gasteiger partial charge in [-0.25, -0.2) is 4.39 Å². The Balaban J connectivity index is 1.61. The average molecular weight is 453 g/mol. The van der Waals surface area contributed by atoms with Crippen LogP contribution < -0.4 is 5.32 Å². The summed E-state index contributed by atoms with van der Waals surface area (Å²) < 4.78 is 13.4. The molecule has 0 radical (unpaired) electrons. The Morgan fingerprint density at radius 3 is 2.56 bits per heavy atom. The Bertz CT molecular complexity index is 991. The lowest BCUT2D eigenvalue weighted by Crippen LogP contribution is -2.54. The molecule has 168 valence electrons. The van der Waals surface area contributed by atoms with Crippen molar-refractivity contribution in [1.82, 2.24) is 10.2 Å². The zero-order valence-corrected chi connectivity index (χ0v) is 19.3. The van der Waals surface area contributed by atoms with Crippen molar-refractivity contribution in [1.29, 1.82) is 0 Å². The molecule has 1 aliphatic carbocycles. The number of thioether (sulfide) groups is 1. The summed E-state index contributed by atoms with van der Waals surface area (Å²) in [5.41, 5.74) is 1.88. The van der Waals surface area contributed by atoms with Gasteiger partial charge in [0.1, 0.15) is 5.82 Å². The molecule has 1 saturated heterocycles. The number of hydrogen-bond donors (Lipinski definition) is 1. The van der Waals surface area contributed by atoms with Crippen LogP contribution in [-0.4, -0.2) is 34.0 Å². The molecule has 2 aliphatic rings. The fourth-order valence-corrected chi connectivity index (χ4v) is 5.92. The number of fused-ring (bicyclic) bond motifs is 1. The highest BCUT2D eigenvalue weighted by Crippen LogP contribution is 2.44. The summed E-state index contributed by atoms with van der Waals surface area (Å²) in [5.74, 6) is -0.333. The second-order valence-corrected chi connectivity index (χ2v) is 10.2. The van der Waals surface area contributed by atoms with Crippen molar-refractivity contribution in [2.45, 2.75) is 57.0 Å². The third-order valence-corrected chi connectivity index (χ3v) is 7.47. The highest BCUT2D eigenvalue weighted by atomic mass is 32.2. The molecule has 0 aromatic heterocycles. The van der Waals surface area contributed by atoms with Crippen LogP contribution in [-0.2, 0) is 16.1 Å². The minimum atomic E-state index is -0.292. The van der Waals surface area contributed by atoms with E-state index in [-0.39, 0.29) is 40.9 Å². The van der Waals surface area contributed by atoms with E-state index in [4.69, 9.17) is 0 Å². The Kier molecular flexibility index (Phi) is 6.99. The summed E-state index contributed by atoms with van der Waals surface area (Å²) in [4.78, 5) is 28.9.